The minimum atomic E-state index is 0.595. The molecule has 15 heteroatoms. The number of benzene rings is 21. The zero-order chi connectivity index (χ0) is 96.4. The van der Waals surface area contributed by atoms with Crippen LogP contribution in [0.5, 0.6) is 0 Å². The molecule has 0 fully saturated rings. The van der Waals surface area contributed by atoms with Gasteiger partial charge in [-0.05, 0) is 139 Å². The molecule has 12 heterocycles. The Morgan fingerprint density at radius 3 is 0.993 bits per heavy atom. The van der Waals surface area contributed by atoms with E-state index in [2.05, 4.69) is 363 Å². The van der Waals surface area contributed by atoms with Crippen molar-refractivity contribution in [2.24, 2.45) is 0 Å². The molecule has 0 atom stereocenters. The molecule has 0 bridgehead atoms. The minimum absolute atomic E-state index is 0.595. The number of hydrogen-bond donors (Lipinski definition) is 1. The third kappa shape index (κ3) is 13.1. The highest BCUT2D eigenvalue weighted by Crippen LogP contribution is 2.49. The molecule has 0 spiro atoms. The number of aromatic amines is 1. The lowest BCUT2D eigenvalue weighted by atomic mass is 10.0. The van der Waals surface area contributed by atoms with Gasteiger partial charge in [-0.25, -0.2) is 29.9 Å². The Hall–Kier alpha value is -20.2. The largest absolute Gasteiger partial charge is 0.456 e. The van der Waals surface area contributed by atoms with Crippen molar-refractivity contribution in [1.82, 2.24) is 53.2 Å². The first kappa shape index (κ1) is 82.7. The quantitative estimate of drug-likeness (QED) is 0.155. The van der Waals surface area contributed by atoms with Crippen molar-refractivity contribution in [2.75, 3.05) is 0 Å². The summed E-state index contributed by atoms with van der Waals surface area (Å²) in [5, 5.41) is 23.1. The summed E-state index contributed by atoms with van der Waals surface area (Å²) in [5.74, 6) is 1.86. The van der Waals surface area contributed by atoms with Crippen LogP contribution in [-0.4, -0.2) is 53.2 Å². The van der Waals surface area contributed by atoms with Crippen LogP contribution in [0.15, 0.2) is 491 Å². The molecule has 0 saturated heterocycles. The molecule has 33 rings (SSSR count). The molecule has 0 amide bonds. The predicted molar refractivity (Wildman–Crippen MR) is 603 cm³/mol. The van der Waals surface area contributed by atoms with Crippen molar-refractivity contribution in [3.05, 3.63) is 473 Å². The Balaban J connectivity index is 0.0000000999. The van der Waals surface area contributed by atoms with Crippen LogP contribution in [0.3, 0.4) is 0 Å². The van der Waals surface area contributed by atoms with Gasteiger partial charge in [0.15, 0.2) is 5.58 Å². The van der Waals surface area contributed by atoms with E-state index in [9.17, 15) is 0 Å². The average molecular weight is 1880 g/mol. The number of nitrogens with one attached hydrogen (secondary N) is 1. The molecule has 1 N–H and O–H groups in total. The van der Waals surface area contributed by atoms with E-state index in [1.165, 1.54) is 38.0 Å². The van der Waals surface area contributed by atoms with E-state index in [0.29, 0.717) is 17.8 Å². The minimum Gasteiger partial charge on any atom is -0.456 e. The maximum Gasteiger partial charge on any atom is 0.235 e. The predicted octanol–water partition coefficient (Wildman–Crippen LogP) is 34.9. The maximum atomic E-state index is 6.57. The second-order valence-corrected chi connectivity index (χ2v) is 37.4. The molecular formula is C132H79N11O4. The van der Waals surface area contributed by atoms with Gasteiger partial charge in [-0.15, -0.1) is 0 Å². The first-order chi connectivity index (χ1) is 72.9. The Bertz CT molecular complexity index is 10800. The van der Waals surface area contributed by atoms with Crippen LogP contribution in [0, 0.1) is 0 Å². The lowest BCUT2D eigenvalue weighted by molar-refractivity contribution is 0.669. The summed E-state index contributed by atoms with van der Waals surface area (Å²) in [6.45, 7) is 0. The van der Waals surface area contributed by atoms with Crippen LogP contribution in [0.2, 0.25) is 0 Å². The van der Waals surface area contributed by atoms with Gasteiger partial charge in [-0.1, -0.05) is 346 Å². The molecule has 15 nitrogen and oxygen atoms in total. The average Bonchev–Trinajstić information content (AvgIpc) is 1.60. The van der Waals surface area contributed by atoms with Crippen molar-refractivity contribution in [2.45, 2.75) is 0 Å². The zero-order valence-corrected chi connectivity index (χ0v) is 78.6. The zero-order valence-electron chi connectivity index (χ0n) is 78.6. The van der Waals surface area contributed by atoms with Crippen LogP contribution in [0.4, 0.5) is 0 Å². The summed E-state index contributed by atoms with van der Waals surface area (Å²) < 4.78 is 34.4. The van der Waals surface area contributed by atoms with Crippen LogP contribution >= 0.6 is 0 Å². The van der Waals surface area contributed by atoms with Crippen molar-refractivity contribution in [3.8, 4) is 68.4 Å². The third-order valence-electron chi connectivity index (χ3n) is 29.2. The van der Waals surface area contributed by atoms with Gasteiger partial charge < -0.3 is 27.2 Å². The van der Waals surface area contributed by atoms with Crippen LogP contribution in [0.1, 0.15) is 0 Å². The molecule has 686 valence electrons. The summed E-state index contributed by atoms with van der Waals surface area (Å²) >= 11 is 0. The Morgan fingerprint density at radius 2 is 0.503 bits per heavy atom. The van der Waals surface area contributed by atoms with Crippen molar-refractivity contribution in [3.63, 3.8) is 0 Å². The van der Waals surface area contributed by atoms with Crippen LogP contribution in [-0.2, 0) is 0 Å². The molecule has 0 unspecified atom stereocenters. The van der Waals surface area contributed by atoms with Crippen molar-refractivity contribution in [1.29, 1.82) is 0 Å². The molecule has 0 aliphatic heterocycles. The molecule has 12 aromatic heterocycles. The number of rotatable bonds is 8. The molecule has 0 radical (unpaired) electrons. The van der Waals surface area contributed by atoms with Gasteiger partial charge in [-0.2, -0.15) is 0 Å². The monoisotopic (exact) mass is 1880 g/mol. The fraction of sp³-hybridized carbons (Fsp3) is 0. The molecule has 0 aliphatic carbocycles. The van der Waals surface area contributed by atoms with Crippen molar-refractivity contribution < 1.29 is 17.7 Å². The van der Waals surface area contributed by atoms with Crippen LogP contribution < -0.4 is 0 Å². The fourth-order valence-electron chi connectivity index (χ4n) is 22.8. The smallest absolute Gasteiger partial charge is 0.235 e. The molecule has 147 heavy (non-hydrogen) atoms. The second kappa shape index (κ2) is 33.3. The molecule has 0 saturated carbocycles. The first-order valence-electron chi connectivity index (χ1n) is 49.4. The number of H-pyrrole nitrogens is 1. The van der Waals surface area contributed by atoms with E-state index in [1.807, 2.05) is 133 Å². The molecule has 33 aromatic rings. The Labute approximate surface area is 836 Å². The lowest BCUT2D eigenvalue weighted by Gasteiger charge is -2.13. The van der Waals surface area contributed by atoms with E-state index in [0.717, 1.165) is 242 Å². The summed E-state index contributed by atoms with van der Waals surface area (Å²) in [4.78, 5) is 35.8. The van der Waals surface area contributed by atoms with Gasteiger partial charge in [0, 0.05) is 141 Å². The summed E-state index contributed by atoms with van der Waals surface area (Å²) in [5.41, 5.74) is 29.3. The number of hydrogen-bond acceptors (Lipinski definition) is 10. The second-order valence-electron chi connectivity index (χ2n) is 37.4. The van der Waals surface area contributed by atoms with E-state index in [1.54, 1.807) is 0 Å². The number of fused-ring (bicyclic) bond motifs is 35. The Kier molecular flexibility index (Phi) is 18.7. The number of nitrogens with zero attached hydrogens (tertiary/aromatic N) is 10. The SMILES string of the molecule is c1ccc(-c2nc(-n3c4ccccc4c4cc(-c5ccc6c7ccccc7n(-c7ccccc7)c6c5)ccc43)nc3ccc4oc5ccccc5c4c23)cc1.c1ccc(-c2nc(-n3c4ccccc4c4ccc5c6ccccc6[nH]c5c43)nc3ccc4oc5ccccc5c4c23)cc1.c1ccc(-c2nc(-n3c4ccccc4c4ccc5c6ccccc6oc5c43)nc3ccc4oc5ccccc5c4c23)cc1.c1ccccc1. The van der Waals surface area contributed by atoms with E-state index in [-0.39, 0.29) is 0 Å². The highest BCUT2D eigenvalue weighted by atomic mass is 16.3. The maximum absolute atomic E-state index is 6.57. The van der Waals surface area contributed by atoms with Gasteiger partial charge in [-0.3, -0.25) is 13.7 Å². The molecular weight excluding hydrogens is 1800 g/mol. The van der Waals surface area contributed by atoms with E-state index < -0.39 is 0 Å². The number of para-hydroxylation sites is 10. The van der Waals surface area contributed by atoms with Gasteiger partial charge in [0.2, 0.25) is 17.8 Å². The van der Waals surface area contributed by atoms with E-state index >= 15 is 0 Å². The topological polar surface area (TPSA) is 165 Å². The summed E-state index contributed by atoms with van der Waals surface area (Å²) in [6, 6.07) is 164. The lowest BCUT2D eigenvalue weighted by Crippen LogP contribution is -2.04. The highest BCUT2D eigenvalue weighted by Gasteiger charge is 2.29. The Morgan fingerprint density at radius 1 is 0.177 bits per heavy atom. The number of furan rings is 4. The van der Waals surface area contributed by atoms with Crippen molar-refractivity contribution >= 4 is 229 Å². The normalized spacial score (nSPS) is 11.9. The summed E-state index contributed by atoms with van der Waals surface area (Å²) in [7, 11) is 0. The summed E-state index contributed by atoms with van der Waals surface area (Å²) in [6.07, 6.45) is 0. The van der Waals surface area contributed by atoms with E-state index in [4.69, 9.17) is 47.6 Å². The first-order valence-corrected chi connectivity index (χ1v) is 49.4. The van der Waals surface area contributed by atoms with Crippen LogP contribution in [0.25, 0.3) is 298 Å². The van der Waals surface area contributed by atoms with Gasteiger partial charge in [0.25, 0.3) is 0 Å². The molecule has 0 aliphatic rings. The van der Waals surface area contributed by atoms with Gasteiger partial charge >= 0.3 is 0 Å². The highest BCUT2D eigenvalue weighted by molar-refractivity contribution is 6.28. The third-order valence-corrected chi connectivity index (χ3v) is 29.2. The number of aromatic nitrogens is 11. The van der Waals surface area contributed by atoms with Gasteiger partial charge in [0.1, 0.15) is 44.6 Å². The fourth-order valence-corrected chi connectivity index (χ4v) is 22.8. The standard InChI is InChI=1S/C50H30N4O.C38H22N4O.C38H21N3O2.C6H6/c1-3-13-31(14-4-1)49-48-40(26-28-46-47(48)38-19-9-12-22-45(38)55-46)51-50(52-49)54-42-21-11-8-18-36(42)39-29-32(24-27-43(39)54)33-23-25-37-35-17-7-10-20-41(35)53(44(37)30-33)34-15-5-2-6-16-34;1-2-10-22(11-3-1)35-34-29(20-21-32-33(34)27-14-6-9-17-31(27)43-32)40-38(41-35)42-30-16-8-5-13-24(30)26-19-18-25-23-12-4-7-15-28(23)39-36(25)37(26)42;1-2-10-22(11-3-1)35-34-28(20-21-32-33(34)27-14-6-9-17-31(27)42-32)39-38(40-35)41-29-15-7-4-12-23(29)25-18-19-26-24-13-5-8-16-30(24)43-37(26)36(25)41;1-2-4-6-5-3-1/h1-30H;1-21,39H;1-21H;1-6H. The molecule has 21 aromatic carbocycles. The van der Waals surface area contributed by atoms with Gasteiger partial charge in [0.05, 0.1) is 77.8 Å².